The first kappa shape index (κ1) is 19.4. The van der Waals surface area contributed by atoms with E-state index in [1.54, 1.807) is 25.1 Å². The van der Waals surface area contributed by atoms with Crippen molar-refractivity contribution in [3.63, 3.8) is 0 Å². The third kappa shape index (κ3) is 4.49. The second-order valence-corrected chi connectivity index (χ2v) is 7.34. The Hall–Kier alpha value is -3.33. The van der Waals surface area contributed by atoms with Crippen molar-refractivity contribution in [1.82, 2.24) is 0 Å². The van der Waals surface area contributed by atoms with Crippen molar-refractivity contribution in [2.75, 3.05) is 17.9 Å². The number of ether oxygens (including phenoxy) is 2. The number of esters is 1. The van der Waals surface area contributed by atoms with Crippen LogP contribution in [0.25, 0.3) is 11.0 Å². The van der Waals surface area contributed by atoms with Crippen LogP contribution in [0.1, 0.15) is 6.92 Å². The van der Waals surface area contributed by atoms with Gasteiger partial charge in [0.05, 0.1) is 23.0 Å². The normalized spacial score (nSPS) is 11.2. The van der Waals surface area contributed by atoms with Crippen LogP contribution in [0.2, 0.25) is 0 Å². The summed E-state index contributed by atoms with van der Waals surface area (Å²) < 4.78 is 42.7. The first-order valence-electron chi connectivity index (χ1n) is 8.33. The van der Waals surface area contributed by atoms with Gasteiger partial charge in [-0.2, -0.15) is 0 Å². The van der Waals surface area contributed by atoms with E-state index in [1.165, 1.54) is 30.3 Å². The predicted molar refractivity (Wildman–Crippen MR) is 102 cm³/mol. The van der Waals surface area contributed by atoms with Gasteiger partial charge in [0.2, 0.25) is 0 Å². The Labute approximate surface area is 160 Å². The predicted octanol–water partition coefficient (Wildman–Crippen LogP) is 2.54. The number of carbonyl (C=O) groups excluding carboxylic acids is 1. The molecule has 0 amide bonds. The average Bonchev–Trinajstić information content (AvgIpc) is 2.67. The van der Waals surface area contributed by atoms with Crippen molar-refractivity contribution in [2.24, 2.45) is 0 Å². The third-order valence-corrected chi connectivity index (χ3v) is 5.06. The van der Waals surface area contributed by atoms with Gasteiger partial charge in [-0.25, -0.2) is 18.0 Å². The highest BCUT2D eigenvalue weighted by Crippen LogP contribution is 2.28. The van der Waals surface area contributed by atoms with Gasteiger partial charge in [-0.3, -0.25) is 4.72 Å². The largest absolute Gasteiger partial charge is 0.481 e. The number of nitrogens with one attached hydrogen (secondary N) is 1. The fraction of sp³-hybridized carbons (Fsp3) is 0.158. The van der Waals surface area contributed by atoms with Crippen LogP contribution >= 0.6 is 0 Å². The van der Waals surface area contributed by atoms with Crippen LogP contribution in [0.3, 0.4) is 0 Å². The minimum atomic E-state index is -3.79. The number of hydrogen-bond acceptors (Lipinski definition) is 7. The molecule has 146 valence electrons. The molecule has 0 aliphatic rings. The van der Waals surface area contributed by atoms with Crippen molar-refractivity contribution in [3.8, 4) is 5.75 Å². The van der Waals surface area contributed by atoms with E-state index in [0.717, 1.165) is 6.07 Å². The molecule has 3 rings (SSSR count). The van der Waals surface area contributed by atoms with Crippen molar-refractivity contribution in [3.05, 3.63) is 65.0 Å². The summed E-state index contributed by atoms with van der Waals surface area (Å²) in [6.45, 7) is 1.47. The topological polar surface area (TPSA) is 112 Å². The fourth-order valence-corrected chi connectivity index (χ4v) is 3.54. The lowest BCUT2D eigenvalue weighted by Gasteiger charge is -2.11. The van der Waals surface area contributed by atoms with Crippen LogP contribution in [0.4, 0.5) is 5.69 Å². The molecule has 0 spiro atoms. The molecule has 0 radical (unpaired) electrons. The smallest absolute Gasteiger partial charge is 0.344 e. The van der Waals surface area contributed by atoms with E-state index in [9.17, 15) is 18.0 Å². The third-order valence-electron chi connectivity index (χ3n) is 3.66. The summed E-state index contributed by atoms with van der Waals surface area (Å²) in [5.74, 6) is -0.509. The van der Waals surface area contributed by atoms with E-state index < -0.39 is 28.2 Å². The molecule has 0 bridgehead atoms. The van der Waals surface area contributed by atoms with Crippen molar-refractivity contribution in [1.29, 1.82) is 0 Å². The van der Waals surface area contributed by atoms with Gasteiger partial charge in [-0.1, -0.05) is 18.2 Å². The molecule has 2 aromatic carbocycles. The SMILES string of the molecule is CCOC(=O)COc1cc(=O)oc2ccc(NS(=O)(=O)c3ccccc3)cc12. The molecule has 1 heterocycles. The highest BCUT2D eigenvalue weighted by molar-refractivity contribution is 7.92. The number of sulfonamides is 1. The zero-order valence-corrected chi connectivity index (χ0v) is 15.7. The number of benzene rings is 2. The lowest BCUT2D eigenvalue weighted by molar-refractivity contribution is -0.145. The Morgan fingerprint density at radius 2 is 1.86 bits per heavy atom. The molecule has 3 aromatic rings. The summed E-state index contributed by atoms with van der Waals surface area (Å²) in [7, 11) is -3.79. The zero-order valence-electron chi connectivity index (χ0n) is 14.9. The average molecular weight is 403 g/mol. The molecule has 1 N–H and O–H groups in total. The van der Waals surface area contributed by atoms with Gasteiger partial charge >= 0.3 is 11.6 Å². The van der Waals surface area contributed by atoms with Gasteiger partial charge in [-0.05, 0) is 37.3 Å². The Balaban J connectivity index is 1.93. The lowest BCUT2D eigenvalue weighted by Crippen LogP contribution is -2.15. The van der Waals surface area contributed by atoms with Gasteiger partial charge in [0.15, 0.2) is 6.61 Å². The summed E-state index contributed by atoms with van der Waals surface area (Å²) >= 11 is 0. The van der Waals surface area contributed by atoms with E-state index in [2.05, 4.69) is 4.72 Å². The lowest BCUT2D eigenvalue weighted by atomic mass is 10.2. The molecule has 0 saturated carbocycles. The van der Waals surface area contributed by atoms with Crippen LogP contribution in [-0.2, 0) is 19.6 Å². The highest BCUT2D eigenvalue weighted by Gasteiger charge is 2.15. The van der Waals surface area contributed by atoms with Gasteiger partial charge in [-0.15, -0.1) is 0 Å². The molecule has 0 atom stereocenters. The molecule has 0 aliphatic heterocycles. The number of carbonyl (C=O) groups is 1. The summed E-state index contributed by atoms with van der Waals surface area (Å²) in [5.41, 5.74) is -0.232. The minimum absolute atomic E-state index is 0.0834. The first-order valence-corrected chi connectivity index (χ1v) is 9.81. The Bertz CT molecular complexity index is 1150. The van der Waals surface area contributed by atoms with E-state index in [0.29, 0.717) is 5.39 Å². The summed E-state index contributed by atoms with van der Waals surface area (Å²) in [4.78, 5) is 23.3. The molecule has 0 unspecified atom stereocenters. The number of anilines is 1. The quantitative estimate of drug-likeness (QED) is 0.476. The van der Waals surface area contributed by atoms with Crippen LogP contribution in [0, 0.1) is 0 Å². The van der Waals surface area contributed by atoms with E-state index in [-0.39, 0.29) is 28.5 Å². The molecule has 9 heteroatoms. The van der Waals surface area contributed by atoms with Crippen molar-refractivity contribution >= 4 is 32.6 Å². The van der Waals surface area contributed by atoms with Gasteiger partial charge in [0.25, 0.3) is 10.0 Å². The molecule has 28 heavy (non-hydrogen) atoms. The molecular formula is C19H17NO7S. The molecule has 0 aliphatic carbocycles. The van der Waals surface area contributed by atoms with E-state index in [4.69, 9.17) is 13.9 Å². The standard InChI is InChI=1S/C19H17NO7S/c1-2-25-19(22)12-26-17-11-18(21)27-16-9-8-13(10-15(16)17)20-28(23,24)14-6-4-3-5-7-14/h3-11,20H,2,12H2,1H3. The molecule has 8 nitrogen and oxygen atoms in total. The summed E-state index contributed by atoms with van der Waals surface area (Å²) in [6.07, 6.45) is 0. The van der Waals surface area contributed by atoms with E-state index in [1.807, 2.05) is 0 Å². The summed E-state index contributed by atoms with van der Waals surface area (Å²) in [6, 6.07) is 13.3. The maximum Gasteiger partial charge on any atom is 0.344 e. The maximum absolute atomic E-state index is 12.5. The number of fused-ring (bicyclic) bond motifs is 1. The fourth-order valence-electron chi connectivity index (χ4n) is 2.47. The number of hydrogen-bond donors (Lipinski definition) is 1. The molecule has 0 saturated heterocycles. The Morgan fingerprint density at radius 1 is 1.11 bits per heavy atom. The molecule has 1 aromatic heterocycles. The van der Waals surface area contributed by atoms with E-state index >= 15 is 0 Å². The van der Waals surface area contributed by atoms with Gasteiger partial charge in [0.1, 0.15) is 11.3 Å². The zero-order chi connectivity index (χ0) is 20.1. The van der Waals surface area contributed by atoms with Crippen LogP contribution in [-0.4, -0.2) is 27.6 Å². The molecule has 0 fully saturated rings. The van der Waals surface area contributed by atoms with Crippen molar-refractivity contribution < 1.29 is 27.1 Å². The Kier molecular flexibility index (Phi) is 5.65. The van der Waals surface area contributed by atoms with Gasteiger partial charge in [0, 0.05) is 5.69 Å². The second-order valence-electron chi connectivity index (χ2n) is 5.65. The minimum Gasteiger partial charge on any atom is -0.481 e. The Morgan fingerprint density at radius 3 is 2.57 bits per heavy atom. The first-order chi connectivity index (χ1) is 13.4. The van der Waals surface area contributed by atoms with Gasteiger partial charge < -0.3 is 13.9 Å². The number of rotatable bonds is 7. The van der Waals surface area contributed by atoms with Crippen LogP contribution in [0.15, 0.2) is 68.7 Å². The van der Waals surface area contributed by atoms with Crippen LogP contribution in [0.5, 0.6) is 5.75 Å². The monoisotopic (exact) mass is 403 g/mol. The van der Waals surface area contributed by atoms with Crippen molar-refractivity contribution in [2.45, 2.75) is 11.8 Å². The maximum atomic E-state index is 12.5. The summed E-state index contributed by atoms with van der Waals surface area (Å²) in [5, 5.41) is 0.331. The highest BCUT2D eigenvalue weighted by atomic mass is 32.2. The van der Waals surface area contributed by atoms with Crippen LogP contribution < -0.4 is 15.1 Å². The second kappa shape index (κ2) is 8.13. The molecular weight excluding hydrogens is 386 g/mol.